The molecule has 0 spiro atoms. The fourth-order valence-corrected chi connectivity index (χ4v) is 5.11. The molecule has 1 saturated heterocycles. The first kappa shape index (κ1) is 21.0. The number of fused-ring (bicyclic) bond motifs is 1. The molecule has 0 amide bonds. The maximum Gasteiger partial charge on any atom is 0.233 e. The number of hydrogen-bond acceptors (Lipinski definition) is 6. The average Bonchev–Trinajstić information content (AvgIpc) is 3.51. The summed E-state index contributed by atoms with van der Waals surface area (Å²) in [5.74, 6) is 0.572. The number of hydrogen-bond donors (Lipinski definition) is 2. The molecule has 0 bridgehead atoms. The summed E-state index contributed by atoms with van der Waals surface area (Å²) in [7, 11) is 0. The van der Waals surface area contributed by atoms with Gasteiger partial charge in [-0.05, 0) is 55.6 Å². The molecule has 3 aromatic heterocycles. The second-order valence-corrected chi connectivity index (χ2v) is 9.69. The van der Waals surface area contributed by atoms with Crippen molar-refractivity contribution in [1.82, 2.24) is 25.3 Å². The van der Waals surface area contributed by atoms with Gasteiger partial charge in [0.2, 0.25) is 5.88 Å². The van der Waals surface area contributed by atoms with E-state index in [4.69, 9.17) is 9.72 Å². The lowest BCUT2D eigenvalue weighted by Crippen LogP contribution is -2.37. The molecule has 170 valence electrons. The molecule has 2 aromatic carbocycles. The van der Waals surface area contributed by atoms with Crippen LogP contribution in [0.2, 0.25) is 0 Å². The molecule has 6 nitrogen and oxygen atoms in total. The Balaban J connectivity index is 1.34. The molecular weight excluding hydrogens is 442 g/mol. The van der Waals surface area contributed by atoms with Crippen molar-refractivity contribution in [3.8, 4) is 39.5 Å². The normalized spacial score (nSPS) is 16.1. The number of aromatic amines is 1. The molecule has 1 fully saturated rings. The molecule has 6 rings (SSSR count). The number of rotatable bonds is 5. The Hall–Kier alpha value is -3.55. The SMILES string of the molecule is Cc1nc(-c2cccc(-c3ccc4[nH]cc(-c5cncc(OC6CCCNC6)n5)c4c3)c2)cs1. The quantitative estimate of drug-likeness (QED) is 0.339. The van der Waals surface area contributed by atoms with Crippen molar-refractivity contribution in [3.63, 3.8) is 0 Å². The van der Waals surface area contributed by atoms with Crippen molar-refractivity contribution < 1.29 is 4.74 Å². The monoisotopic (exact) mass is 467 g/mol. The van der Waals surface area contributed by atoms with Gasteiger partial charge in [0.15, 0.2) is 0 Å². The number of piperidine rings is 1. The van der Waals surface area contributed by atoms with Crippen molar-refractivity contribution in [2.45, 2.75) is 25.9 Å². The summed E-state index contributed by atoms with van der Waals surface area (Å²) < 4.78 is 6.10. The molecule has 1 aliphatic heterocycles. The molecular formula is C27H25N5OS. The molecule has 5 aromatic rings. The van der Waals surface area contributed by atoms with Crippen LogP contribution in [0, 0.1) is 6.92 Å². The lowest BCUT2D eigenvalue weighted by Gasteiger charge is -2.23. The predicted molar refractivity (Wildman–Crippen MR) is 137 cm³/mol. The van der Waals surface area contributed by atoms with E-state index in [-0.39, 0.29) is 6.10 Å². The highest BCUT2D eigenvalue weighted by Gasteiger charge is 2.16. The van der Waals surface area contributed by atoms with Gasteiger partial charge in [-0.25, -0.2) is 9.97 Å². The van der Waals surface area contributed by atoms with E-state index in [0.29, 0.717) is 5.88 Å². The number of ether oxygens (including phenoxy) is 1. The molecule has 0 aliphatic carbocycles. The van der Waals surface area contributed by atoms with Crippen molar-refractivity contribution in [1.29, 1.82) is 0 Å². The molecule has 7 heteroatoms. The van der Waals surface area contributed by atoms with E-state index in [1.165, 1.54) is 0 Å². The molecule has 0 radical (unpaired) electrons. The summed E-state index contributed by atoms with van der Waals surface area (Å²) in [5, 5.41) is 7.67. The van der Waals surface area contributed by atoms with Crippen LogP contribution in [0.4, 0.5) is 0 Å². The number of nitrogens with one attached hydrogen (secondary N) is 2. The van der Waals surface area contributed by atoms with Gasteiger partial charge in [0.1, 0.15) is 6.10 Å². The first-order valence-corrected chi connectivity index (χ1v) is 12.4. The summed E-state index contributed by atoms with van der Waals surface area (Å²) in [6.07, 6.45) is 7.79. The zero-order valence-electron chi connectivity index (χ0n) is 18.9. The first-order valence-electron chi connectivity index (χ1n) is 11.6. The summed E-state index contributed by atoms with van der Waals surface area (Å²) in [6.45, 7) is 3.94. The fourth-order valence-electron chi connectivity index (χ4n) is 4.49. The highest BCUT2D eigenvalue weighted by Crippen LogP contribution is 2.33. The number of benzene rings is 2. The van der Waals surface area contributed by atoms with Gasteiger partial charge in [-0.1, -0.05) is 24.3 Å². The predicted octanol–water partition coefficient (Wildman–Crippen LogP) is 5.85. The molecule has 0 saturated carbocycles. The lowest BCUT2D eigenvalue weighted by atomic mass is 9.99. The topological polar surface area (TPSA) is 75.7 Å². The van der Waals surface area contributed by atoms with Gasteiger partial charge in [-0.3, -0.25) is 4.98 Å². The number of H-pyrrole nitrogens is 1. The van der Waals surface area contributed by atoms with Crippen LogP contribution in [0.25, 0.3) is 44.5 Å². The Morgan fingerprint density at radius 2 is 1.91 bits per heavy atom. The average molecular weight is 468 g/mol. The standard InChI is InChI=1S/C27H25N5OS/c1-17-31-26(16-34-17)20-5-2-4-18(10-20)19-7-8-24-22(11-19)23(13-30-24)25-14-29-15-27(32-25)33-21-6-3-9-28-12-21/h2,4-5,7-8,10-11,13-16,21,28,30H,3,6,9,12H2,1H3. The van der Waals surface area contributed by atoms with Crippen LogP contribution >= 0.6 is 11.3 Å². The van der Waals surface area contributed by atoms with Crippen molar-refractivity contribution >= 4 is 22.2 Å². The van der Waals surface area contributed by atoms with Crippen LogP contribution in [-0.2, 0) is 0 Å². The molecule has 34 heavy (non-hydrogen) atoms. The van der Waals surface area contributed by atoms with E-state index in [1.807, 2.05) is 13.1 Å². The number of nitrogens with zero attached hydrogens (tertiary/aromatic N) is 3. The minimum atomic E-state index is 0.140. The van der Waals surface area contributed by atoms with Gasteiger partial charge < -0.3 is 15.0 Å². The van der Waals surface area contributed by atoms with Crippen molar-refractivity contribution in [3.05, 3.63) is 71.4 Å². The van der Waals surface area contributed by atoms with E-state index in [2.05, 4.69) is 68.1 Å². The second kappa shape index (κ2) is 9.00. The third-order valence-corrected chi connectivity index (χ3v) is 6.99. The number of aromatic nitrogens is 4. The van der Waals surface area contributed by atoms with Crippen LogP contribution in [-0.4, -0.2) is 39.1 Å². The Bertz CT molecular complexity index is 1450. The summed E-state index contributed by atoms with van der Waals surface area (Å²) in [5.41, 5.74) is 7.34. The molecule has 1 atom stereocenters. The minimum Gasteiger partial charge on any atom is -0.472 e. The Kier molecular flexibility index (Phi) is 5.57. The van der Waals surface area contributed by atoms with Gasteiger partial charge in [0.05, 0.1) is 28.8 Å². The van der Waals surface area contributed by atoms with Crippen LogP contribution in [0.5, 0.6) is 5.88 Å². The molecule has 1 aliphatic rings. The zero-order chi connectivity index (χ0) is 22.9. The molecule has 4 heterocycles. The summed E-state index contributed by atoms with van der Waals surface area (Å²) in [6, 6.07) is 15.0. The third-order valence-electron chi connectivity index (χ3n) is 6.22. The summed E-state index contributed by atoms with van der Waals surface area (Å²) in [4.78, 5) is 17.2. The van der Waals surface area contributed by atoms with Gasteiger partial charge in [-0.2, -0.15) is 0 Å². The Labute approximate surface area is 202 Å². The fraction of sp³-hybridized carbons (Fsp3) is 0.222. The van der Waals surface area contributed by atoms with Crippen LogP contribution < -0.4 is 10.1 Å². The van der Waals surface area contributed by atoms with E-state index < -0.39 is 0 Å². The second-order valence-electron chi connectivity index (χ2n) is 8.62. The van der Waals surface area contributed by atoms with E-state index in [1.54, 1.807) is 23.7 Å². The van der Waals surface area contributed by atoms with E-state index in [0.717, 1.165) is 75.5 Å². The highest BCUT2D eigenvalue weighted by molar-refractivity contribution is 7.09. The van der Waals surface area contributed by atoms with Gasteiger partial charge in [0, 0.05) is 40.2 Å². The van der Waals surface area contributed by atoms with Crippen LogP contribution in [0.1, 0.15) is 17.8 Å². The molecule has 2 N–H and O–H groups in total. The Morgan fingerprint density at radius 1 is 1.00 bits per heavy atom. The number of aryl methyl sites for hydroxylation is 1. The first-order chi connectivity index (χ1) is 16.7. The van der Waals surface area contributed by atoms with Crippen LogP contribution in [0.3, 0.4) is 0 Å². The molecule has 1 unspecified atom stereocenters. The Morgan fingerprint density at radius 3 is 2.76 bits per heavy atom. The third kappa shape index (κ3) is 4.20. The van der Waals surface area contributed by atoms with Crippen molar-refractivity contribution in [2.75, 3.05) is 13.1 Å². The zero-order valence-corrected chi connectivity index (χ0v) is 19.7. The largest absolute Gasteiger partial charge is 0.472 e. The maximum atomic E-state index is 6.10. The minimum absolute atomic E-state index is 0.140. The summed E-state index contributed by atoms with van der Waals surface area (Å²) >= 11 is 1.67. The number of thiazole rings is 1. The smallest absolute Gasteiger partial charge is 0.233 e. The van der Waals surface area contributed by atoms with Crippen LogP contribution in [0.15, 0.2) is 66.4 Å². The van der Waals surface area contributed by atoms with Gasteiger partial charge >= 0.3 is 0 Å². The van der Waals surface area contributed by atoms with E-state index >= 15 is 0 Å². The van der Waals surface area contributed by atoms with Gasteiger partial charge in [-0.15, -0.1) is 11.3 Å². The van der Waals surface area contributed by atoms with Crippen molar-refractivity contribution in [2.24, 2.45) is 0 Å². The highest BCUT2D eigenvalue weighted by atomic mass is 32.1. The van der Waals surface area contributed by atoms with E-state index in [9.17, 15) is 0 Å². The van der Waals surface area contributed by atoms with Gasteiger partial charge in [0.25, 0.3) is 0 Å². The lowest BCUT2D eigenvalue weighted by molar-refractivity contribution is 0.160. The maximum absolute atomic E-state index is 6.10.